The Kier molecular flexibility index (Phi) is 5.45. The van der Waals surface area contributed by atoms with Crippen molar-refractivity contribution in [2.45, 2.75) is 23.8 Å². The maximum absolute atomic E-state index is 13.8. The monoisotopic (exact) mass is 480 g/mol. The summed E-state index contributed by atoms with van der Waals surface area (Å²) >= 11 is 6.32. The van der Waals surface area contributed by atoms with Gasteiger partial charge in [-0.25, -0.2) is 4.98 Å². The largest absolute Gasteiger partial charge is 0.368 e. The zero-order chi connectivity index (χ0) is 23.3. The van der Waals surface area contributed by atoms with Gasteiger partial charge in [0, 0.05) is 30.8 Å². The van der Waals surface area contributed by atoms with Gasteiger partial charge in [0.25, 0.3) is 11.8 Å². The predicted octanol–water partition coefficient (Wildman–Crippen LogP) is 2.90. The Bertz CT molecular complexity index is 1350. The molecule has 0 saturated heterocycles. The highest BCUT2D eigenvalue weighted by atomic mass is 35.5. The van der Waals surface area contributed by atoms with Crippen LogP contribution in [0.4, 0.5) is 14.7 Å². The first kappa shape index (κ1) is 22.2. The lowest BCUT2D eigenvalue weighted by Crippen LogP contribution is -2.34. The Morgan fingerprint density at radius 1 is 1.41 bits per heavy atom. The van der Waals surface area contributed by atoms with Crippen LogP contribution in [0.3, 0.4) is 0 Å². The Labute approximate surface area is 187 Å². The molecule has 1 atom stereocenters. The minimum absolute atomic E-state index is 0.0419. The summed E-state index contributed by atoms with van der Waals surface area (Å²) in [7, 11) is -3.09. The number of nitrogen functional groups attached to an aromatic ring is 1. The Morgan fingerprint density at radius 3 is 2.81 bits per heavy atom. The van der Waals surface area contributed by atoms with Gasteiger partial charge in [0.2, 0.25) is 5.95 Å². The first-order valence-electron chi connectivity index (χ1n) is 9.23. The van der Waals surface area contributed by atoms with E-state index < -0.39 is 34.4 Å². The van der Waals surface area contributed by atoms with Crippen LogP contribution in [0.15, 0.2) is 28.0 Å². The number of nitrogens with two attached hydrogens (primary N) is 1. The number of aromatic nitrogens is 3. The van der Waals surface area contributed by atoms with E-state index in [-0.39, 0.29) is 39.2 Å². The molecular formula is C20H17ClF2N5O3S+. The topological polar surface area (TPSA) is 128 Å². The van der Waals surface area contributed by atoms with Gasteiger partial charge in [-0.2, -0.15) is 24.4 Å². The molecule has 1 aliphatic rings. The first-order valence-corrected chi connectivity index (χ1v) is 11.6. The van der Waals surface area contributed by atoms with Crippen LogP contribution in [0.5, 0.6) is 0 Å². The Hall–Kier alpha value is -3.00. The van der Waals surface area contributed by atoms with Crippen molar-refractivity contribution in [3.05, 3.63) is 45.8 Å². The second-order valence-electron chi connectivity index (χ2n) is 7.45. The van der Waals surface area contributed by atoms with Crippen LogP contribution in [0.2, 0.25) is 5.02 Å². The van der Waals surface area contributed by atoms with Crippen molar-refractivity contribution < 1.29 is 17.9 Å². The van der Waals surface area contributed by atoms with Crippen LogP contribution < -0.4 is 16.0 Å². The molecule has 0 aliphatic carbocycles. The summed E-state index contributed by atoms with van der Waals surface area (Å²) in [5.41, 5.74) is 5.55. The van der Waals surface area contributed by atoms with E-state index in [4.69, 9.17) is 17.3 Å². The van der Waals surface area contributed by atoms with Crippen molar-refractivity contribution >= 4 is 51.6 Å². The molecule has 4 rings (SSSR count). The fraction of sp³-hybridized carbons (Fsp3) is 0.250. The molecule has 1 unspecified atom stereocenters. The van der Waals surface area contributed by atoms with Crippen molar-refractivity contribution in [2.24, 2.45) is 5.92 Å². The maximum Gasteiger partial charge on any atom is 0.341 e. The van der Waals surface area contributed by atoms with E-state index in [2.05, 4.69) is 26.8 Å². The smallest absolute Gasteiger partial charge is 0.341 e. The number of hydrogen-bond donors (Lipinski definition) is 3. The Balaban J connectivity index is 1.89. The molecule has 2 aromatic heterocycles. The molecule has 0 bridgehead atoms. The molecule has 0 fully saturated rings. The third-order valence-corrected chi connectivity index (χ3v) is 6.20. The zero-order valence-electron chi connectivity index (χ0n) is 16.6. The molecule has 8 nitrogen and oxygen atoms in total. The molecule has 1 aromatic carbocycles. The van der Waals surface area contributed by atoms with Gasteiger partial charge in [-0.1, -0.05) is 17.7 Å². The van der Waals surface area contributed by atoms with Crippen molar-refractivity contribution in [3.8, 4) is 11.1 Å². The lowest BCUT2D eigenvalue weighted by atomic mass is 10.00. The van der Waals surface area contributed by atoms with Gasteiger partial charge >= 0.3 is 12.1 Å². The average Bonchev–Trinajstić information content (AvgIpc) is 2.69. The number of nitrogens with zero attached hydrogens (tertiary/aromatic N) is 4. The van der Waals surface area contributed by atoms with Crippen LogP contribution >= 0.6 is 22.2 Å². The second kappa shape index (κ2) is 7.85. The number of hydrogen-bond acceptors (Lipinski definition) is 6. The van der Waals surface area contributed by atoms with E-state index in [1.54, 1.807) is 0 Å². The highest BCUT2D eigenvalue weighted by Crippen LogP contribution is 2.44. The van der Waals surface area contributed by atoms with E-state index in [0.717, 1.165) is 0 Å². The Morgan fingerprint density at radius 2 is 2.16 bits per heavy atom. The van der Waals surface area contributed by atoms with E-state index in [0.29, 0.717) is 11.6 Å². The zero-order valence-corrected chi connectivity index (χ0v) is 18.2. The molecule has 0 amide bonds. The fourth-order valence-electron chi connectivity index (χ4n) is 3.41. The summed E-state index contributed by atoms with van der Waals surface area (Å²) in [6, 6.07) is 8.10. The molecule has 0 saturated carbocycles. The SMILES string of the molecule is CS(O)(O)c1c#cc(-c2cc3cnc(N)nc3n(CC3C=[N+]=CC(F)(F)C3)c2=O)c(Cl)c1. The van der Waals surface area contributed by atoms with E-state index >= 15 is 0 Å². The summed E-state index contributed by atoms with van der Waals surface area (Å²) in [5.74, 6) is -3.90. The third-order valence-electron chi connectivity index (χ3n) is 4.85. The van der Waals surface area contributed by atoms with Gasteiger partial charge < -0.3 is 5.73 Å². The van der Waals surface area contributed by atoms with Crippen molar-refractivity contribution in [1.82, 2.24) is 19.2 Å². The van der Waals surface area contributed by atoms with E-state index in [1.165, 1.54) is 35.4 Å². The van der Waals surface area contributed by atoms with Gasteiger partial charge in [0.05, 0.1) is 22.1 Å². The third kappa shape index (κ3) is 4.32. The van der Waals surface area contributed by atoms with Crippen molar-refractivity contribution in [1.29, 1.82) is 0 Å². The molecule has 0 spiro atoms. The van der Waals surface area contributed by atoms with Gasteiger partial charge in [-0.3, -0.25) is 18.5 Å². The van der Waals surface area contributed by atoms with Crippen LogP contribution in [0.25, 0.3) is 22.2 Å². The van der Waals surface area contributed by atoms with Gasteiger partial charge in [0.1, 0.15) is 10.5 Å². The normalized spacial score (nSPS) is 18.0. The maximum atomic E-state index is 13.8. The number of alkyl halides is 2. The molecule has 32 heavy (non-hydrogen) atoms. The average molecular weight is 481 g/mol. The van der Waals surface area contributed by atoms with Crippen LogP contribution in [0, 0.1) is 18.1 Å². The summed E-state index contributed by atoms with van der Waals surface area (Å²) in [4.78, 5) is 21.5. The van der Waals surface area contributed by atoms with E-state index in [1.807, 2.05) is 0 Å². The summed E-state index contributed by atoms with van der Waals surface area (Å²) < 4.78 is 52.1. The number of anilines is 1. The highest BCUT2D eigenvalue weighted by Gasteiger charge is 2.39. The number of halogens is 3. The fourth-order valence-corrected chi connectivity index (χ4v) is 4.32. The summed E-state index contributed by atoms with van der Waals surface area (Å²) in [6.07, 6.45) is 4.04. The lowest BCUT2D eigenvalue weighted by Gasteiger charge is -2.25. The minimum atomic E-state index is -3.09. The molecule has 0 radical (unpaired) electrons. The van der Waals surface area contributed by atoms with Gasteiger partial charge in [-0.15, -0.1) is 4.67 Å². The predicted molar refractivity (Wildman–Crippen MR) is 121 cm³/mol. The van der Waals surface area contributed by atoms with Crippen LogP contribution in [-0.4, -0.2) is 48.2 Å². The minimum Gasteiger partial charge on any atom is -0.368 e. The number of fused-ring (bicyclic) bond motifs is 1. The van der Waals surface area contributed by atoms with Gasteiger partial charge in [0.15, 0.2) is 0 Å². The number of pyridine rings is 1. The molecule has 4 N–H and O–H groups in total. The van der Waals surface area contributed by atoms with Crippen LogP contribution in [0.1, 0.15) is 6.42 Å². The van der Waals surface area contributed by atoms with Crippen molar-refractivity contribution in [2.75, 3.05) is 12.0 Å². The summed E-state index contributed by atoms with van der Waals surface area (Å²) in [5, 5.41) is 0.466. The van der Waals surface area contributed by atoms with Crippen molar-refractivity contribution in [3.63, 3.8) is 0 Å². The quantitative estimate of drug-likeness (QED) is 0.492. The summed E-state index contributed by atoms with van der Waals surface area (Å²) in [6.45, 7) is -0.124. The molecule has 166 valence electrons. The van der Waals surface area contributed by atoms with Crippen LogP contribution in [-0.2, 0) is 6.54 Å². The van der Waals surface area contributed by atoms with E-state index in [9.17, 15) is 22.7 Å². The first-order chi connectivity index (χ1) is 14.9. The molecule has 3 heterocycles. The lowest BCUT2D eigenvalue weighted by molar-refractivity contribution is 0.0596. The molecule has 1 aliphatic heterocycles. The van der Waals surface area contributed by atoms with Gasteiger partial charge in [-0.05, 0) is 18.2 Å². The number of rotatable bonds is 4. The second-order valence-corrected chi connectivity index (χ2v) is 9.96. The highest BCUT2D eigenvalue weighted by molar-refractivity contribution is 8.23. The molecule has 12 heteroatoms. The standard InChI is InChI=1S/C20H16ClF2N5O3S/c1-32(30,31)13-2-3-14(16(21)5-13)15-4-12-8-26-19(24)27-17(12)28(18(15)29)9-11-6-20(22,23)10-25-7-11/h4-5,7-8,10-11H,6,9H2,1H3,(H3-,24,26,27,30,31)/p+1. The molecular weight excluding hydrogens is 464 g/mol. The molecule has 3 aromatic rings.